The van der Waals surface area contributed by atoms with Gasteiger partial charge in [0.25, 0.3) is 0 Å². The first-order chi connectivity index (χ1) is 71.6. The number of phenols is 1. The molecule has 0 spiro atoms. The minimum atomic E-state index is -1.00. The number of hydrogen-bond acceptors (Lipinski definition) is 12. The van der Waals surface area contributed by atoms with E-state index in [2.05, 4.69) is 274 Å². The Kier molecular flexibility index (Phi) is 42.8. The maximum absolute atomic E-state index is 10.9. The van der Waals surface area contributed by atoms with Crippen LogP contribution in [-0.2, 0) is 47.3 Å². The van der Waals surface area contributed by atoms with Crippen LogP contribution in [0.4, 0.5) is 0 Å². The van der Waals surface area contributed by atoms with E-state index in [1.165, 1.54) is 92.6 Å². The number of phenolic OH excluding ortho intramolecular Hbond substituents is 1. The molecule has 0 saturated heterocycles. The van der Waals surface area contributed by atoms with Crippen LogP contribution < -0.4 is 18.9 Å². The fourth-order valence-corrected chi connectivity index (χ4v) is 18.1. The summed E-state index contributed by atoms with van der Waals surface area (Å²) in [7, 11) is 1.95. The van der Waals surface area contributed by atoms with Crippen LogP contribution in [0.5, 0.6) is 28.7 Å². The number of aryl methyl sites for hydroxylation is 2. The number of carbonyl (C=O) groups is 1. The van der Waals surface area contributed by atoms with Gasteiger partial charge in [-0.3, -0.25) is 0 Å². The average Bonchev–Trinajstić information content (AvgIpc) is 1.61. The molecule has 6 aromatic heterocycles. The molecule has 13 aromatic carbocycles. The Bertz CT molecular complexity index is 6880. The normalized spacial score (nSPS) is 11.7. The van der Waals surface area contributed by atoms with Crippen LogP contribution >= 0.6 is 0 Å². The standard InChI is InChI=1S/2C45H52NO2.C15H10N.C13H11N3O.C13H10N2O2.2Ir/c2*1-5-9-14-34(7-3)32-47-43-23-19-36(20-24-43)40-29-41(37-21-25-44(26-22-37)48-33-35(8-4)15-10-6-2)31-42(30-40)38-16-13-17-39(28-38)45-18-11-12-27-46-45;1-2-7-13(8-3-1)15-14-9-5-4-6-12(14)10-11-16-15;1-9-6-7-13(17)12(8-9)16-14-10-4-2-3-5-11(10)15-16;1-15-11-5-3-2-4-8(11)9-6-10(13(16)17)14-7-12(9)15;;/h2*11-13,16,18-31,34-35H,5-10,14-15,32-33H2,1-4H3;1-7,9-11H;2-8,17H,1H3;2-7H,1H3,(H,16,17);;/q3*-1;;;;. The van der Waals surface area contributed by atoms with Gasteiger partial charge in [0.1, 0.15) is 51.2 Å². The van der Waals surface area contributed by atoms with E-state index in [9.17, 15) is 9.90 Å². The smallest absolute Gasteiger partial charge is 0.354 e. The van der Waals surface area contributed by atoms with E-state index in [1.807, 2.05) is 189 Å². The Morgan fingerprint density at radius 3 is 1.14 bits per heavy atom. The van der Waals surface area contributed by atoms with E-state index in [4.69, 9.17) is 24.1 Å². The molecule has 2 radical (unpaired) electrons. The number of aromatic hydroxyl groups is 1. The third-order valence-electron chi connectivity index (χ3n) is 27.2. The molecule has 2 N–H and O–H groups in total. The molecule has 0 aliphatic heterocycles. The molecular weight excluding hydrogens is 2180 g/mol. The molecule has 15 nitrogen and oxygen atoms in total. The van der Waals surface area contributed by atoms with Gasteiger partial charge in [-0.25, -0.2) is 9.78 Å². The number of unbranched alkanes of at least 4 members (excludes halogenated alkanes) is 4. The minimum absolute atomic E-state index is 0. The van der Waals surface area contributed by atoms with Crippen molar-refractivity contribution in [2.45, 2.75) is 165 Å². The molecule has 762 valence electrons. The third-order valence-corrected chi connectivity index (χ3v) is 27.2. The number of nitrogens with zero attached hydrogens (tertiary/aromatic N) is 8. The second kappa shape index (κ2) is 57.1. The minimum Gasteiger partial charge on any atom is -0.506 e. The topological polar surface area (TPSA) is 182 Å². The van der Waals surface area contributed by atoms with Crippen LogP contribution in [0.3, 0.4) is 0 Å². The van der Waals surface area contributed by atoms with Crippen molar-refractivity contribution < 1.29 is 74.2 Å². The van der Waals surface area contributed by atoms with Crippen molar-refractivity contribution in [3.8, 4) is 135 Å². The van der Waals surface area contributed by atoms with Gasteiger partial charge in [-0.15, -0.1) is 122 Å². The molecule has 0 amide bonds. The van der Waals surface area contributed by atoms with E-state index in [1.54, 1.807) is 18.3 Å². The number of carboxylic acids is 1. The number of aromatic carboxylic acids is 1. The average molecular weight is 2320 g/mol. The first kappa shape index (κ1) is 111. The predicted octanol–water partition coefficient (Wildman–Crippen LogP) is 34.0. The zero-order valence-corrected chi connectivity index (χ0v) is 91.5. The van der Waals surface area contributed by atoms with Gasteiger partial charge in [0.2, 0.25) is 0 Å². The zero-order valence-electron chi connectivity index (χ0n) is 86.7. The quantitative estimate of drug-likeness (QED) is 0.0348. The molecule has 19 aromatic rings. The van der Waals surface area contributed by atoms with Gasteiger partial charge in [-0.05, 0) is 285 Å². The molecule has 0 bridgehead atoms. The van der Waals surface area contributed by atoms with Crippen molar-refractivity contribution >= 4 is 49.6 Å². The predicted molar refractivity (Wildman–Crippen MR) is 601 cm³/mol. The van der Waals surface area contributed by atoms with E-state index in [-0.39, 0.29) is 51.7 Å². The zero-order chi connectivity index (χ0) is 102. The molecule has 148 heavy (non-hydrogen) atoms. The summed E-state index contributed by atoms with van der Waals surface area (Å²) in [6.07, 6.45) is 26.6. The van der Waals surface area contributed by atoms with Crippen molar-refractivity contribution in [2.75, 3.05) is 26.4 Å². The van der Waals surface area contributed by atoms with Crippen molar-refractivity contribution in [2.24, 2.45) is 30.7 Å². The number of hydrogen-bond donors (Lipinski definition) is 2. The van der Waals surface area contributed by atoms with Gasteiger partial charge in [-0.1, -0.05) is 266 Å². The SMILES string of the molecule is CCCCC(CC)COc1ccc(-c2cc(-c3ccc(OCC(CC)CCCC)cc3)cc(-c3cc[c-]c(-c4ccccn4)c3)c2)cc1.CCCCC(CC)COc1ccc(-c2cc(-c3ccc(OCC(CC)CCCC)cc3)cc(-c3cc[c-]c(-c4ccccn4)c3)c2)cc1.Cc1ccc(O)c(-n2nc3ccccc3n2)c1.Cn1c2ccccc2c2cc(C(=O)O)ncc21.[Ir].[Ir].[c-]1ccccc1-c1nccc2ccccc12. The first-order valence-corrected chi connectivity index (χ1v) is 52.2. The molecule has 6 heterocycles. The summed E-state index contributed by atoms with van der Waals surface area (Å²) in [4.78, 5) is 29.9. The number of pyridine rings is 4. The number of para-hydroxylation sites is 1. The number of fused-ring (bicyclic) bond motifs is 5. The van der Waals surface area contributed by atoms with Crippen LogP contribution in [0.15, 0.2) is 358 Å². The number of rotatable bonds is 39. The number of ether oxygens (including phenoxy) is 4. The second-order valence-corrected chi connectivity index (χ2v) is 37.6. The van der Waals surface area contributed by atoms with Crippen LogP contribution in [-0.4, -0.2) is 82.1 Å². The van der Waals surface area contributed by atoms with Gasteiger partial charge in [0, 0.05) is 82.1 Å². The Morgan fingerprint density at radius 1 is 0.345 bits per heavy atom. The van der Waals surface area contributed by atoms with E-state index < -0.39 is 5.97 Å². The summed E-state index contributed by atoms with van der Waals surface area (Å²) in [5, 5.41) is 31.8. The van der Waals surface area contributed by atoms with Crippen LogP contribution in [0.25, 0.3) is 150 Å². The Morgan fingerprint density at radius 2 is 0.736 bits per heavy atom. The molecule has 4 atom stereocenters. The number of benzene rings is 13. The van der Waals surface area contributed by atoms with Crippen molar-refractivity contribution in [3.05, 3.63) is 388 Å². The Balaban J connectivity index is 0.000000168. The summed E-state index contributed by atoms with van der Waals surface area (Å²) in [5.74, 6) is 5.32. The van der Waals surface area contributed by atoms with Gasteiger partial charge in [0.05, 0.1) is 38.1 Å². The summed E-state index contributed by atoms with van der Waals surface area (Å²) >= 11 is 0. The third kappa shape index (κ3) is 30.7. The van der Waals surface area contributed by atoms with Crippen molar-refractivity contribution in [3.63, 3.8) is 0 Å². The molecule has 0 aliphatic rings. The van der Waals surface area contributed by atoms with Crippen LogP contribution in [0.2, 0.25) is 0 Å². The van der Waals surface area contributed by atoms with Gasteiger partial charge >= 0.3 is 5.97 Å². The molecule has 0 fully saturated rings. The fraction of sp³-hybridized carbons (Fsp3) is 0.260. The Labute approximate surface area is 901 Å². The summed E-state index contributed by atoms with van der Waals surface area (Å²) in [5.41, 5.74) is 25.1. The summed E-state index contributed by atoms with van der Waals surface area (Å²) < 4.78 is 27.0. The van der Waals surface area contributed by atoms with Gasteiger partial charge in [0.15, 0.2) is 0 Å². The molecule has 4 unspecified atom stereocenters. The Hall–Kier alpha value is -14.3. The van der Waals surface area contributed by atoms with E-state index in [0.717, 1.165) is 214 Å². The van der Waals surface area contributed by atoms with Crippen molar-refractivity contribution in [1.82, 2.24) is 39.5 Å². The van der Waals surface area contributed by atoms with Crippen LogP contribution in [0.1, 0.15) is 174 Å². The van der Waals surface area contributed by atoms with Gasteiger partial charge in [-0.2, -0.15) is 0 Å². The monoisotopic (exact) mass is 2320 g/mol. The maximum Gasteiger partial charge on any atom is 0.354 e. The fourth-order valence-electron chi connectivity index (χ4n) is 18.1. The van der Waals surface area contributed by atoms with Crippen LogP contribution in [0, 0.1) is 48.8 Å². The van der Waals surface area contributed by atoms with Gasteiger partial charge < -0.3 is 48.7 Å². The molecule has 17 heteroatoms. The molecule has 19 rings (SSSR count). The van der Waals surface area contributed by atoms with Crippen molar-refractivity contribution in [1.29, 1.82) is 0 Å². The van der Waals surface area contributed by atoms with E-state index in [0.29, 0.717) is 29.4 Å². The first-order valence-electron chi connectivity index (χ1n) is 52.2. The second-order valence-electron chi connectivity index (χ2n) is 37.6. The summed E-state index contributed by atoms with van der Waals surface area (Å²) in [6, 6.07) is 123. The molecule has 0 saturated carbocycles. The number of aromatic nitrogens is 8. The molecular formula is C131H135Ir2N8O7-3. The van der Waals surface area contributed by atoms with E-state index >= 15 is 0 Å². The largest absolute Gasteiger partial charge is 0.506 e. The number of carboxylic acid groups (broad SMARTS) is 1. The maximum atomic E-state index is 10.9. The molecule has 0 aliphatic carbocycles. The summed E-state index contributed by atoms with van der Waals surface area (Å²) in [6.45, 7) is 23.1.